The zero-order chi connectivity index (χ0) is 14.3. The Balaban J connectivity index is 2.07. The van der Waals surface area contributed by atoms with E-state index in [4.69, 9.17) is 0 Å². The summed E-state index contributed by atoms with van der Waals surface area (Å²) < 4.78 is 3.82. The molecule has 0 bridgehead atoms. The number of hydrogen-bond donors (Lipinski definition) is 1. The fourth-order valence-electron chi connectivity index (χ4n) is 2.14. The van der Waals surface area contributed by atoms with E-state index >= 15 is 0 Å². The van der Waals surface area contributed by atoms with E-state index in [0.717, 1.165) is 26.2 Å². The zero-order valence-corrected chi connectivity index (χ0v) is 14.2. The first kappa shape index (κ1) is 13.6. The Bertz CT molecular complexity index is 772. The van der Waals surface area contributed by atoms with Gasteiger partial charge >= 0.3 is 0 Å². The number of halogens is 2. The lowest BCUT2D eigenvalue weighted by Crippen LogP contribution is -1.99. The van der Waals surface area contributed by atoms with Crippen LogP contribution in [0.3, 0.4) is 0 Å². The van der Waals surface area contributed by atoms with E-state index in [-0.39, 0.29) is 0 Å². The summed E-state index contributed by atoms with van der Waals surface area (Å²) in [5, 5.41) is 3.34. The van der Waals surface area contributed by atoms with Crippen LogP contribution in [0.4, 0.5) is 11.5 Å². The van der Waals surface area contributed by atoms with E-state index in [0.29, 0.717) is 0 Å². The molecule has 0 radical (unpaired) electrons. The summed E-state index contributed by atoms with van der Waals surface area (Å²) in [6.45, 7) is 4.14. The van der Waals surface area contributed by atoms with Crippen molar-refractivity contribution in [1.82, 2.24) is 14.4 Å². The lowest BCUT2D eigenvalue weighted by Gasteiger charge is -2.11. The third-order valence-electron chi connectivity index (χ3n) is 3.04. The Kier molecular flexibility index (Phi) is 3.52. The molecule has 2 aromatic heterocycles. The molecule has 20 heavy (non-hydrogen) atoms. The van der Waals surface area contributed by atoms with Crippen molar-refractivity contribution in [2.45, 2.75) is 13.8 Å². The van der Waals surface area contributed by atoms with Crippen molar-refractivity contribution >= 4 is 49.0 Å². The number of fused-ring (bicyclic) bond motifs is 1. The van der Waals surface area contributed by atoms with Crippen LogP contribution >= 0.6 is 31.9 Å². The van der Waals surface area contributed by atoms with Crippen molar-refractivity contribution in [2.75, 3.05) is 5.32 Å². The topological polar surface area (TPSA) is 42.2 Å². The van der Waals surface area contributed by atoms with Crippen LogP contribution < -0.4 is 5.32 Å². The molecule has 1 aromatic carbocycles. The molecule has 102 valence electrons. The second-order valence-corrected chi connectivity index (χ2v) is 6.22. The lowest BCUT2D eigenvalue weighted by molar-refractivity contribution is 1.10. The van der Waals surface area contributed by atoms with Gasteiger partial charge in [0.2, 0.25) is 0 Å². The summed E-state index contributed by atoms with van der Waals surface area (Å²) >= 11 is 6.99. The molecule has 0 unspecified atom stereocenters. The molecule has 4 nitrogen and oxygen atoms in total. The van der Waals surface area contributed by atoms with Crippen LogP contribution in [-0.2, 0) is 0 Å². The minimum absolute atomic E-state index is 0.727. The third-order valence-corrected chi connectivity index (χ3v) is 4.68. The molecule has 6 heteroatoms. The highest BCUT2D eigenvalue weighted by molar-refractivity contribution is 9.10. The van der Waals surface area contributed by atoms with Crippen molar-refractivity contribution in [3.63, 3.8) is 0 Å². The number of hydrogen-bond acceptors (Lipinski definition) is 3. The van der Waals surface area contributed by atoms with Crippen molar-refractivity contribution in [2.24, 2.45) is 0 Å². The normalized spacial score (nSPS) is 11.0. The predicted molar refractivity (Wildman–Crippen MR) is 87.6 cm³/mol. The van der Waals surface area contributed by atoms with E-state index in [1.165, 1.54) is 11.1 Å². The average Bonchev–Trinajstić information content (AvgIpc) is 2.84. The molecule has 1 N–H and O–H groups in total. The number of imidazole rings is 1. The smallest absolute Gasteiger partial charge is 0.180 e. The van der Waals surface area contributed by atoms with Gasteiger partial charge in [-0.3, -0.25) is 0 Å². The van der Waals surface area contributed by atoms with Gasteiger partial charge in [0.15, 0.2) is 11.5 Å². The van der Waals surface area contributed by atoms with Crippen LogP contribution in [0.1, 0.15) is 11.1 Å². The monoisotopic (exact) mass is 394 g/mol. The molecule has 0 aliphatic carbocycles. The van der Waals surface area contributed by atoms with Crippen LogP contribution in [0.2, 0.25) is 0 Å². The molecular weight excluding hydrogens is 384 g/mol. The fraction of sp³-hybridized carbons (Fsp3) is 0.143. The van der Waals surface area contributed by atoms with E-state index in [2.05, 4.69) is 73.1 Å². The number of nitrogens with one attached hydrogen (secondary N) is 1. The Hall–Kier alpha value is -1.40. The van der Waals surface area contributed by atoms with E-state index in [1.807, 2.05) is 16.8 Å². The molecule has 2 heterocycles. The zero-order valence-electron chi connectivity index (χ0n) is 11.0. The number of nitrogens with zero attached hydrogens (tertiary/aromatic N) is 3. The summed E-state index contributed by atoms with van der Waals surface area (Å²) in [5.74, 6) is 0.727. The summed E-state index contributed by atoms with van der Waals surface area (Å²) in [4.78, 5) is 8.79. The van der Waals surface area contributed by atoms with Gasteiger partial charge in [-0.15, -0.1) is 0 Å². The molecule has 0 aliphatic heterocycles. The number of aryl methyl sites for hydroxylation is 2. The van der Waals surface area contributed by atoms with E-state index in [9.17, 15) is 0 Å². The first-order valence-corrected chi connectivity index (χ1v) is 7.66. The van der Waals surface area contributed by atoms with Crippen LogP contribution in [0.25, 0.3) is 5.65 Å². The number of benzene rings is 1. The molecule has 0 amide bonds. The van der Waals surface area contributed by atoms with Gasteiger partial charge in [0.25, 0.3) is 0 Å². The van der Waals surface area contributed by atoms with Gasteiger partial charge in [0.05, 0.1) is 0 Å². The molecule has 0 saturated heterocycles. The van der Waals surface area contributed by atoms with Crippen molar-refractivity contribution in [3.8, 4) is 0 Å². The molecule has 3 aromatic rings. The number of rotatable bonds is 2. The highest BCUT2D eigenvalue weighted by Gasteiger charge is 2.08. The minimum Gasteiger partial charge on any atom is -0.337 e. The lowest BCUT2D eigenvalue weighted by atomic mass is 10.1. The Morgan fingerprint density at radius 1 is 1.15 bits per heavy atom. The van der Waals surface area contributed by atoms with Crippen LogP contribution in [0.15, 0.2) is 39.8 Å². The molecular formula is C14H12Br2N4. The largest absolute Gasteiger partial charge is 0.337 e. The van der Waals surface area contributed by atoms with Crippen molar-refractivity contribution in [1.29, 1.82) is 0 Å². The van der Waals surface area contributed by atoms with Gasteiger partial charge in [-0.25, -0.2) is 9.97 Å². The summed E-state index contributed by atoms with van der Waals surface area (Å²) in [5.41, 5.74) is 4.16. The molecule has 0 atom stereocenters. The Morgan fingerprint density at radius 2 is 1.85 bits per heavy atom. The molecule has 0 spiro atoms. The third kappa shape index (κ3) is 2.45. The van der Waals surface area contributed by atoms with E-state index in [1.54, 1.807) is 6.20 Å². The van der Waals surface area contributed by atoms with Gasteiger partial charge in [-0.2, -0.15) is 0 Å². The van der Waals surface area contributed by atoms with Gasteiger partial charge in [-0.05, 0) is 53.0 Å². The summed E-state index contributed by atoms with van der Waals surface area (Å²) in [6.07, 6.45) is 5.53. The van der Waals surface area contributed by atoms with Crippen molar-refractivity contribution in [3.05, 3.63) is 50.9 Å². The standard InChI is InChI=1S/C14H12Br2N4/c1-8-5-10(6-9(2)12(8)16)18-13-14-17-3-4-20(14)7-11(15)19-13/h3-7H,1-2H3,(H,18,19). The molecule has 0 saturated carbocycles. The van der Waals surface area contributed by atoms with Crippen LogP contribution in [0.5, 0.6) is 0 Å². The second kappa shape index (κ2) is 5.18. The highest BCUT2D eigenvalue weighted by Crippen LogP contribution is 2.28. The quantitative estimate of drug-likeness (QED) is 0.688. The van der Waals surface area contributed by atoms with E-state index < -0.39 is 0 Å². The fourth-order valence-corrected chi connectivity index (χ4v) is 2.77. The van der Waals surface area contributed by atoms with Crippen LogP contribution in [0, 0.1) is 13.8 Å². The Morgan fingerprint density at radius 3 is 2.55 bits per heavy atom. The van der Waals surface area contributed by atoms with Gasteiger partial charge < -0.3 is 9.72 Å². The highest BCUT2D eigenvalue weighted by atomic mass is 79.9. The van der Waals surface area contributed by atoms with Gasteiger partial charge in [0.1, 0.15) is 4.60 Å². The second-order valence-electron chi connectivity index (χ2n) is 4.62. The van der Waals surface area contributed by atoms with Gasteiger partial charge in [-0.1, -0.05) is 15.9 Å². The molecule has 0 aliphatic rings. The van der Waals surface area contributed by atoms with Crippen molar-refractivity contribution < 1.29 is 0 Å². The van der Waals surface area contributed by atoms with Crippen LogP contribution in [-0.4, -0.2) is 14.4 Å². The number of aromatic nitrogens is 3. The average molecular weight is 396 g/mol. The van der Waals surface area contributed by atoms with Gasteiger partial charge in [0, 0.05) is 28.8 Å². The summed E-state index contributed by atoms with van der Waals surface area (Å²) in [6, 6.07) is 4.16. The maximum Gasteiger partial charge on any atom is 0.180 e. The SMILES string of the molecule is Cc1cc(Nc2nc(Br)cn3ccnc23)cc(C)c1Br. The maximum absolute atomic E-state index is 4.46. The minimum atomic E-state index is 0.727. The first-order chi connectivity index (χ1) is 9.54. The predicted octanol–water partition coefficient (Wildman–Crippen LogP) is 4.61. The molecule has 0 fully saturated rings. The number of anilines is 2. The Labute approximate surface area is 133 Å². The maximum atomic E-state index is 4.46. The molecule has 3 rings (SSSR count). The summed E-state index contributed by atoms with van der Waals surface area (Å²) in [7, 11) is 0. The first-order valence-electron chi connectivity index (χ1n) is 6.07.